The summed E-state index contributed by atoms with van der Waals surface area (Å²) in [6.07, 6.45) is 3.22. The number of rotatable bonds is 3. The fraction of sp³-hybridized carbons (Fsp3) is 0.571. The number of piperidine rings is 1. The molecule has 1 saturated heterocycles. The van der Waals surface area contributed by atoms with E-state index in [2.05, 4.69) is 17.2 Å². The summed E-state index contributed by atoms with van der Waals surface area (Å²) in [4.78, 5) is 27.8. The number of carbonyl (C=O) groups excluding carboxylic acids is 1. The molecule has 1 aromatic heterocycles. The molecule has 2 amide bonds. The number of nitrogens with one attached hydrogen (secondary N) is 2. The molecule has 2 rings (SSSR count). The van der Waals surface area contributed by atoms with E-state index in [0.29, 0.717) is 17.3 Å². The first-order valence-electron chi connectivity index (χ1n) is 7.00. The molecule has 0 aliphatic carbocycles. The SMILES string of the molecule is CCC1CCCN(C(=O)Nc2cc(C)[nH]c2C(=O)O)C1. The Kier molecular flexibility index (Phi) is 4.32. The Morgan fingerprint density at radius 2 is 2.30 bits per heavy atom. The van der Waals surface area contributed by atoms with Crippen LogP contribution in [0, 0.1) is 12.8 Å². The second kappa shape index (κ2) is 5.98. The topological polar surface area (TPSA) is 85.4 Å². The van der Waals surface area contributed by atoms with Crippen molar-refractivity contribution in [3.63, 3.8) is 0 Å². The van der Waals surface area contributed by atoms with Crippen LogP contribution in [-0.2, 0) is 0 Å². The zero-order chi connectivity index (χ0) is 14.7. The molecule has 20 heavy (non-hydrogen) atoms. The molecule has 3 N–H and O–H groups in total. The van der Waals surface area contributed by atoms with Crippen molar-refractivity contribution in [3.8, 4) is 0 Å². The van der Waals surface area contributed by atoms with E-state index in [0.717, 1.165) is 32.4 Å². The minimum atomic E-state index is -1.07. The molecular formula is C14H21N3O3. The number of aromatic nitrogens is 1. The molecule has 1 fully saturated rings. The van der Waals surface area contributed by atoms with Gasteiger partial charge < -0.3 is 20.3 Å². The van der Waals surface area contributed by atoms with Crippen molar-refractivity contribution in [2.24, 2.45) is 5.92 Å². The first-order valence-corrected chi connectivity index (χ1v) is 7.00. The lowest BCUT2D eigenvalue weighted by Gasteiger charge is -2.32. The van der Waals surface area contributed by atoms with Crippen molar-refractivity contribution in [1.29, 1.82) is 0 Å². The molecule has 1 aliphatic rings. The van der Waals surface area contributed by atoms with E-state index in [9.17, 15) is 9.59 Å². The Morgan fingerprint density at radius 1 is 1.55 bits per heavy atom. The van der Waals surface area contributed by atoms with Gasteiger partial charge in [-0.05, 0) is 31.7 Å². The number of aromatic amines is 1. The van der Waals surface area contributed by atoms with E-state index in [1.165, 1.54) is 0 Å². The van der Waals surface area contributed by atoms with Gasteiger partial charge in [-0.1, -0.05) is 13.3 Å². The summed E-state index contributed by atoms with van der Waals surface area (Å²) in [5, 5.41) is 11.8. The molecule has 1 aliphatic heterocycles. The van der Waals surface area contributed by atoms with Gasteiger partial charge in [0.25, 0.3) is 0 Å². The Balaban J connectivity index is 2.06. The maximum Gasteiger partial charge on any atom is 0.354 e. The lowest BCUT2D eigenvalue weighted by Crippen LogP contribution is -2.42. The van der Waals surface area contributed by atoms with E-state index in [4.69, 9.17) is 5.11 Å². The third kappa shape index (κ3) is 3.12. The number of urea groups is 1. The number of aromatic carboxylic acids is 1. The first-order chi connectivity index (χ1) is 9.51. The van der Waals surface area contributed by atoms with E-state index in [-0.39, 0.29) is 11.7 Å². The molecule has 1 aromatic rings. The minimum Gasteiger partial charge on any atom is -0.477 e. The predicted octanol–water partition coefficient (Wildman–Crippen LogP) is 2.68. The second-order valence-electron chi connectivity index (χ2n) is 5.34. The van der Waals surface area contributed by atoms with Crippen LogP contribution < -0.4 is 5.32 Å². The third-order valence-corrected chi connectivity index (χ3v) is 3.79. The lowest BCUT2D eigenvalue weighted by molar-refractivity contribution is 0.0692. The molecular weight excluding hydrogens is 258 g/mol. The lowest BCUT2D eigenvalue weighted by atomic mass is 9.96. The standard InChI is InChI=1S/C14H21N3O3/c1-3-10-5-4-6-17(8-10)14(20)16-11-7-9(2)15-12(11)13(18)19/h7,10,15H,3-6,8H2,1-2H3,(H,16,20)(H,18,19). The number of hydrogen-bond acceptors (Lipinski definition) is 2. The van der Waals surface area contributed by atoms with Gasteiger partial charge in [-0.15, -0.1) is 0 Å². The summed E-state index contributed by atoms with van der Waals surface area (Å²) in [5.41, 5.74) is 1.07. The van der Waals surface area contributed by atoms with Crippen molar-refractivity contribution in [2.75, 3.05) is 18.4 Å². The largest absolute Gasteiger partial charge is 0.477 e. The number of carboxylic acids is 1. The van der Waals surface area contributed by atoms with Crippen LogP contribution in [0.25, 0.3) is 0 Å². The summed E-state index contributed by atoms with van der Waals surface area (Å²) in [6, 6.07) is 1.42. The van der Waals surface area contributed by atoms with E-state index >= 15 is 0 Å². The van der Waals surface area contributed by atoms with Crippen molar-refractivity contribution in [2.45, 2.75) is 33.1 Å². The quantitative estimate of drug-likeness (QED) is 0.795. The van der Waals surface area contributed by atoms with Gasteiger partial charge in [-0.3, -0.25) is 0 Å². The molecule has 1 unspecified atom stereocenters. The molecule has 0 saturated carbocycles. The summed E-state index contributed by atoms with van der Waals surface area (Å²) in [7, 11) is 0. The molecule has 0 aromatic carbocycles. The molecule has 2 heterocycles. The van der Waals surface area contributed by atoms with E-state index < -0.39 is 5.97 Å². The van der Waals surface area contributed by atoms with Gasteiger partial charge in [0.2, 0.25) is 0 Å². The van der Waals surface area contributed by atoms with Crippen LogP contribution in [0.4, 0.5) is 10.5 Å². The Hall–Kier alpha value is -1.98. The van der Waals surface area contributed by atoms with Crippen molar-refractivity contribution in [1.82, 2.24) is 9.88 Å². The molecule has 1 atom stereocenters. The Bertz CT molecular complexity index is 510. The average molecular weight is 279 g/mol. The predicted molar refractivity (Wildman–Crippen MR) is 76.1 cm³/mol. The fourth-order valence-electron chi connectivity index (χ4n) is 2.63. The Labute approximate surface area is 118 Å². The molecule has 0 bridgehead atoms. The zero-order valence-corrected chi connectivity index (χ0v) is 11.9. The van der Waals surface area contributed by atoms with Crippen LogP contribution in [0.15, 0.2) is 6.07 Å². The number of likely N-dealkylation sites (tertiary alicyclic amines) is 1. The first kappa shape index (κ1) is 14.4. The molecule has 0 spiro atoms. The monoisotopic (exact) mass is 279 g/mol. The molecule has 6 heteroatoms. The summed E-state index contributed by atoms with van der Waals surface area (Å²) >= 11 is 0. The third-order valence-electron chi connectivity index (χ3n) is 3.79. The van der Waals surface area contributed by atoms with Crippen LogP contribution in [-0.4, -0.2) is 40.1 Å². The summed E-state index contributed by atoms with van der Waals surface area (Å²) < 4.78 is 0. The number of carbonyl (C=O) groups is 2. The highest BCUT2D eigenvalue weighted by Crippen LogP contribution is 2.21. The molecule has 110 valence electrons. The van der Waals surface area contributed by atoms with Gasteiger partial charge in [0.15, 0.2) is 0 Å². The number of anilines is 1. The number of nitrogens with zero attached hydrogens (tertiary/aromatic N) is 1. The minimum absolute atomic E-state index is 0.0277. The number of hydrogen-bond donors (Lipinski definition) is 3. The van der Waals surface area contributed by atoms with E-state index in [1.807, 2.05) is 0 Å². The summed E-state index contributed by atoms with van der Waals surface area (Å²) in [5.74, 6) is -0.528. The van der Waals surface area contributed by atoms with Crippen molar-refractivity contribution >= 4 is 17.7 Å². The van der Waals surface area contributed by atoms with Gasteiger partial charge >= 0.3 is 12.0 Å². The van der Waals surface area contributed by atoms with Gasteiger partial charge in [0, 0.05) is 18.8 Å². The average Bonchev–Trinajstić information content (AvgIpc) is 2.80. The molecule has 0 radical (unpaired) electrons. The van der Waals surface area contributed by atoms with Crippen LogP contribution >= 0.6 is 0 Å². The molecule has 6 nitrogen and oxygen atoms in total. The van der Waals surface area contributed by atoms with Crippen LogP contribution in [0.3, 0.4) is 0 Å². The number of amides is 2. The highest BCUT2D eigenvalue weighted by Gasteiger charge is 2.24. The van der Waals surface area contributed by atoms with Gasteiger partial charge in [0.05, 0.1) is 5.69 Å². The number of H-pyrrole nitrogens is 1. The van der Waals surface area contributed by atoms with Crippen LogP contribution in [0.5, 0.6) is 0 Å². The van der Waals surface area contributed by atoms with E-state index in [1.54, 1.807) is 17.9 Å². The highest BCUT2D eigenvalue weighted by molar-refractivity contribution is 5.99. The van der Waals surface area contributed by atoms with Crippen molar-refractivity contribution < 1.29 is 14.7 Å². The number of aryl methyl sites for hydroxylation is 1. The second-order valence-corrected chi connectivity index (χ2v) is 5.34. The van der Waals surface area contributed by atoms with Gasteiger partial charge in [-0.25, -0.2) is 9.59 Å². The normalized spacial score (nSPS) is 18.9. The smallest absolute Gasteiger partial charge is 0.354 e. The van der Waals surface area contributed by atoms with Crippen LogP contribution in [0.2, 0.25) is 0 Å². The maximum atomic E-state index is 12.2. The van der Waals surface area contributed by atoms with Gasteiger partial charge in [-0.2, -0.15) is 0 Å². The zero-order valence-electron chi connectivity index (χ0n) is 11.9. The Morgan fingerprint density at radius 3 is 2.95 bits per heavy atom. The highest BCUT2D eigenvalue weighted by atomic mass is 16.4. The van der Waals surface area contributed by atoms with Crippen LogP contribution in [0.1, 0.15) is 42.4 Å². The fourth-order valence-corrected chi connectivity index (χ4v) is 2.63. The van der Waals surface area contributed by atoms with Gasteiger partial charge in [0.1, 0.15) is 5.69 Å². The maximum absolute atomic E-state index is 12.2. The number of carboxylic acid groups (broad SMARTS) is 1. The summed E-state index contributed by atoms with van der Waals surface area (Å²) in [6.45, 7) is 5.36. The van der Waals surface area contributed by atoms with Crippen molar-refractivity contribution in [3.05, 3.63) is 17.5 Å².